The summed E-state index contributed by atoms with van der Waals surface area (Å²) < 4.78 is 5.96. The number of nitrogens with one attached hydrogen (secondary N) is 1. The number of methoxy groups -OCH3 is 1. The second-order valence-corrected chi connectivity index (χ2v) is 8.15. The third-order valence-electron chi connectivity index (χ3n) is 4.29. The Kier molecular flexibility index (Phi) is 4.37. The fourth-order valence-corrected chi connectivity index (χ4v) is 5.56. The number of amides is 2. The van der Waals surface area contributed by atoms with E-state index < -0.39 is 0 Å². The molecule has 1 N–H and O–H groups in total. The summed E-state index contributed by atoms with van der Waals surface area (Å²) in [6.45, 7) is 2.58. The fraction of sp³-hybridized carbons (Fsp3) is 0.278. The minimum absolute atomic E-state index is 0.115. The monoisotopic (exact) mass is 387 g/mol. The zero-order chi connectivity index (χ0) is 18.3. The van der Waals surface area contributed by atoms with E-state index in [4.69, 9.17) is 9.72 Å². The van der Waals surface area contributed by atoms with E-state index in [2.05, 4.69) is 5.32 Å². The quantitative estimate of drug-likeness (QED) is 0.718. The fourth-order valence-electron chi connectivity index (χ4n) is 3.14. The summed E-state index contributed by atoms with van der Waals surface area (Å²) in [5, 5.41) is 4.64. The Morgan fingerprint density at radius 1 is 1.27 bits per heavy atom. The van der Waals surface area contributed by atoms with E-state index in [0.29, 0.717) is 19.5 Å². The molecule has 0 bridgehead atoms. The van der Waals surface area contributed by atoms with Gasteiger partial charge in [0.25, 0.3) is 0 Å². The van der Waals surface area contributed by atoms with Gasteiger partial charge in [0.05, 0.1) is 23.9 Å². The first kappa shape index (κ1) is 17.0. The van der Waals surface area contributed by atoms with Crippen LogP contribution in [0.1, 0.15) is 17.4 Å². The number of para-hydroxylation sites is 1. The molecule has 3 heterocycles. The van der Waals surface area contributed by atoms with E-state index in [0.717, 1.165) is 36.2 Å². The largest absolute Gasteiger partial charge is 0.453 e. The number of thiazole rings is 1. The highest BCUT2D eigenvalue weighted by Gasteiger charge is 2.29. The minimum Gasteiger partial charge on any atom is -0.453 e. The van der Waals surface area contributed by atoms with Gasteiger partial charge in [0.2, 0.25) is 5.91 Å². The van der Waals surface area contributed by atoms with Crippen LogP contribution in [0, 0.1) is 0 Å². The third-order valence-corrected chi connectivity index (χ3v) is 6.47. The Hall–Kier alpha value is -2.45. The molecule has 1 aliphatic rings. The molecular weight excluding hydrogens is 370 g/mol. The maximum Gasteiger partial charge on any atom is 0.409 e. The van der Waals surface area contributed by atoms with Gasteiger partial charge in [-0.2, -0.15) is 0 Å². The molecule has 0 saturated carbocycles. The van der Waals surface area contributed by atoms with Gasteiger partial charge in [0, 0.05) is 23.9 Å². The van der Waals surface area contributed by atoms with Gasteiger partial charge in [-0.1, -0.05) is 12.1 Å². The Bertz CT molecular complexity index is 975. The van der Waals surface area contributed by atoms with Gasteiger partial charge in [0.15, 0.2) is 0 Å². The molecule has 26 heavy (non-hydrogen) atoms. The molecule has 0 fully saturated rings. The van der Waals surface area contributed by atoms with Crippen molar-refractivity contribution in [3.8, 4) is 10.6 Å². The van der Waals surface area contributed by atoms with Crippen LogP contribution in [0.2, 0.25) is 0 Å². The van der Waals surface area contributed by atoms with Gasteiger partial charge in [0.1, 0.15) is 10.0 Å². The van der Waals surface area contributed by atoms with Crippen molar-refractivity contribution in [3.05, 3.63) is 34.7 Å². The Balaban J connectivity index is 1.81. The molecule has 134 valence electrons. The molecule has 0 radical (unpaired) electrons. The molecule has 4 rings (SSSR count). The summed E-state index contributed by atoms with van der Waals surface area (Å²) in [7, 11) is 1.39. The van der Waals surface area contributed by atoms with E-state index in [1.54, 1.807) is 16.2 Å². The predicted octanol–water partition coefficient (Wildman–Crippen LogP) is 4.11. The van der Waals surface area contributed by atoms with Gasteiger partial charge >= 0.3 is 6.09 Å². The molecule has 6 nitrogen and oxygen atoms in total. The molecule has 0 atom stereocenters. The number of anilines is 1. The second-order valence-electron chi connectivity index (χ2n) is 6.02. The van der Waals surface area contributed by atoms with Crippen molar-refractivity contribution < 1.29 is 14.3 Å². The molecule has 8 heteroatoms. The van der Waals surface area contributed by atoms with E-state index in [9.17, 15) is 9.59 Å². The van der Waals surface area contributed by atoms with Crippen molar-refractivity contribution in [2.45, 2.75) is 19.9 Å². The highest BCUT2D eigenvalue weighted by Crippen LogP contribution is 2.45. The number of fused-ring (bicyclic) bond motifs is 2. The van der Waals surface area contributed by atoms with Gasteiger partial charge in [-0.25, -0.2) is 9.78 Å². The van der Waals surface area contributed by atoms with Gasteiger partial charge in [-0.3, -0.25) is 4.79 Å². The van der Waals surface area contributed by atoms with E-state index in [1.807, 2.05) is 24.3 Å². The number of hydrogen-bond acceptors (Lipinski definition) is 6. The number of ether oxygens (including phenoxy) is 1. The molecule has 1 aromatic carbocycles. The van der Waals surface area contributed by atoms with Crippen molar-refractivity contribution >= 4 is 49.9 Å². The van der Waals surface area contributed by atoms with Gasteiger partial charge in [-0.15, -0.1) is 22.7 Å². The van der Waals surface area contributed by atoms with E-state index >= 15 is 0 Å². The van der Waals surface area contributed by atoms with Crippen molar-refractivity contribution in [1.82, 2.24) is 9.88 Å². The maximum atomic E-state index is 11.9. The zero-order valence-electron chi connectivity index (χ0n) is 14.4. The SMILES string of the molecule is COC(=O)N1CCc2c(sc(NC(C)=O)c2-c2nc3ccccc3s2)C1. The number of carbonyl (C=O) groups excluding carboxylic acids is 2. The third kappa shape index (κ3) is 2.95. The lowest BCUT2D eigenvalue weighted by molar-refractivity contribution is -0.114. The predicted molar refractivity (Wildman–Crippen MR) is 104 cm³/mol. The van der Waals surface area contributed by atoms with Crippen LogP contribution in [-0.2, 0) is 22.5 Å². The summed E-state index contributed by atoms with van der Waals surface area (Å²) in [6, 6.07) is 8.01. The highest BCUT2D eigenvalue weighted by molar-refractivity contribution is 7.22. The van der Waals surface area contributed by atoms with Crippen LogP contribution in [0.15, 0.2) is 24.3 Å². The number of hydrogen-bond donors (Lipinski definition) is 1. The first-order valence-electron chi connectivity index (χ1n) is 8.17. The number of carbonyl (C=O) groups is 2. The topological polar surface area (TPSA) is 71.5 Å². The lowest BCUT2D eigenvalue weighted by Crippen LogP contribution is -2.35. The van der Waals surface area contributed by atoms with Crippen molar-refractivity contribution in [3.63, 3.8) is 0 Å². The molecule has 2 amide bonds. The summed E-state index contributed by atoms with van der Waals surface area (Å²) >= 11 is 3.13. The highest BCUT2D eigenvalue weighted by atomic mass is 32.1. The number of thiophene rings is 1. The van der Waals surface area contributed by atoms with Crippen LogP contribution in [0.5, 0.6) is 0 Å². The average molecular weight is 387 g/mol. The Labute approximate surface area is 158 Å². The number of nitrogens with zero attached hydrogens (tertiary/aromatic N) is 2. The summed E-state index contributed by atoms with van der Waals surface area (Å²) in [6.07, 6.45) is 0.387. The zero-order valence-corrected chi connectivity index (χ0v) is 16.0. The Morgan fingerprint density at radius 3 is 2.81 bits per heavy atom. The first-order valence-corrected chi connectivity index (χ1v) is 9.81. The lowest BCUT2D eigenvalue weighted by atomic mass is 10.0. The first-order chi connectivity index (χ1) is 12.6. The number of aromatic nitrogens is 1. The summed E-state index contributed by atoms with van der Waals surface area (Å²) in [5.41, 5.74) is 3.11. The van der Waals surface area contributed by atoms with Crippen LogP contribution in [0.4, 0.5) is 9.80 Å². The minimum atomic E-state index is -0.327. The molecule has 2 aromatic heterocycles. The van der Waals surface area contributed by atoms with E-state index in [-0.39, 0.29) is 12.0 Å². The summed E-state index contributed by atoms with van der Waals surface area (Å²) in [4.78, 5) is 31.1. The van der Waals surface area contributed by atoms with Gasteiger partial charge < -0.3 is 15.0 Å². The van der Waals surface area contributed by atoms with Crippen LogP contribution in [-0.4, -0.2) is 35.5 Å². The van der Waals surface area contributed by atoms with E-state index in [1.165, 1.54) is 25.4 Å². The standard InChI is InChI=1S/C18H17N3O3S2/c1-10(22)19-16-15(17-20-12-5-3-4-6-13(12)25-17)11-7-8-21(18(23)24-2)9-14(11)26-16/h3-6H,7-9H2,1-2H3,(H,19,22). The maximum absolute atomic E-state index is 11.9. The smallest absolute Gasteiger partial charge is 0.409 e. The molecule has 0 aliphatic carbocycles. The summed E-state index contributed by atoms with van der Waals surface area (Å²) in [5.74, 6) is -0.115. The molecule has 0 unspecified atom stereocenters. The second kappa shape index (κ2) is 6.69. The molecule has 1 aliphatic heterocycles. The van der Waals surface area contributed by atoms with Crippen molar-refractivity contribution in [1.29, 1.82) is 0 Å². The average Bonchev–Trinajstić information content (AvgIpc) is 3.19. The van der Waals surface area contributed by atoms with Gasteiger partial charge in [-0.05, 0) is 24.1 Å². The molecule has 0 spiro atoms. The number of rotatable bonds is 2. The van der Waals surface area contributed by atoms with Crippen molar-refractivity contribution in [2.75, 3.05) is 19.0 Å². The Morgan fingerprint density at radius 2 is 2.08 bits per heavy atom. The van der Waals surface area contributed by atoms with Crippen molar-refractivity contribution in [2.24, 2.45) is 0 Å². The molecular formula is C18H17N3O3S2. The normalized spacial score (nSPS) is 13.5. The van der Waals surface area contributed by atoms with Crippen LogP contribution >= 0.6 is 22.7 Å². The molecule has 3 aromatic rings. The van der Waals surface area contributed by atoms with Crippen LogP contribution < -0.4 is 5.32 Å². The van der Waals surface area contributed by atoms with Crippen LogP contribution in [0.3, 0.4) is 0 Å². The van der Waals surface area contributed by atoms with Crippen LogP contribution in [0.25, 0.3) is 20.8 Å². The lowest BCUT2D eigenvalue weighted by Gasteiger charge is -2.25. The molecule has 0 saturated heterocycles. The number of benzene rings is 1.